The van der Waals surface area contributed by atoms with Crippen LogP contribution in [0.4, 0.5) is 4.39 Å². The number of hydrogen-bond donors (Lipinski definition) is 1. The number of halogens is 2. The predicted molar refractivity (Wildman–Crippen MR) is 61.9 cm³/mol. The summed E-state index contributed by atoms with van der Waals surface area (Å²) in [6.45, 7) is -0.571. The van der Waals surface area contributed by atoms with E-state index in [4.69, 9.17) is 16.3 Å². The highest BCUT2D eigenvalue weighted by molar-refractivity contribution is 6.32. The fourth-order valence-electron chi connectivity index (χ4n) is 1.03. The topological polar surface area (TPSA) is 64.6 Å². The summed E-state index contributed by atoms with van der Waals surface area (Å²) in [6.07, 6.45) is 0. The molecule has 0 aliphatic carbocycles. The van der Waals surface area contributed by atoms with Gasteiger partial charge >= 0.3 is 5.97 Å². The third kappa shape index (κ3) is 4.58. The van der Waals surface area contributed by atoms with Gasteiger partial charge in [-0.05, 0) is 18.2 Å². The summed E-state index contributed by atoms with van der Waals surface area (Å²) in [5, 5.41) is 2.34. The van der Waals surface area contributed by atoms with Gasteiger partial charge in [-0.1, -0.05) is 11.6 Å². The van der Waals surface area contributed by atoms with Crippen molar-refractivity contribution in [2.24, 2.45) is 0 Å². The van der Waals surface area contributed by atoms with Gasteiger partial charge in [0.15, 0.2) is 6.61 Å². The Kier molecular flexibility index (Phi) is 5.38. The molecule has 0 aromatic heterocycles. The highest BCUT2D eigenvalue weighted by atomic mass is 35.5. The minimum atomic E-state index is -0.567. The molecule has 1 rings (SSSR count). The Morgan fingerprint density at radius 2 is 2.17 bits per heavy atom. The number of hydrogen-bond acceptors (Lipinski definition) is 4. The van der Waals surface area contributed by atoms with Crippen LogP contribution in [-0.4, -0.2) is 32.1 Å². The smallest absolute Gasteiger partial charge is 0.325 e. The second kappa shape index (κ2) is 6.80. The molecule has 0 heterocycles. The summed E-state index contributed by atoms with van der Waals surface area (Å²) in [4.78, 5) is 22.0. The lowest BCUT2D eigenvalue weighted by Gasteiger charge is -2.08. The largest absolute Gasteiger partial charge is 0.482 e. The minimum absolute atomic E-state index is 0.0655. The van der Waals surface area contributed by atoms with Gasteiger partial charge in [0.05, 0.1) is 12.1 Å². The van der Waals surface area contributed by atoms with E-state index >= 15 is 0 Å². The SMILES string of the molecule is COC(=O)CNC(=O)COc1ccc(F)cc1Cl. The van der Waals surface area contributed by atoms with Crippen LogP contribution in [0.5, 0.6) is 5.75 Å². The van der Waals surface area contributed by atoms with Crippen molar-refractivity contribution in [2.45, 2.75) is 0 Å². The molecule has 7 heteroatoms. The molecule has 0 unspecified atom stereocenters. The average molecular weight is 276 g/mol. The second-order valence-electron chi connectivity index (χ2n) is 3.22. The van der Waals surface area contributed by atoms with E-state index in [-0.39, 0.29) is 23.9 Å². The van der Waals surface area contributed by atoms with E-state index in [1.165, 1.54) is 13.2 Å². The van der Waals surface area contributed by atoms with Gasteiger partial charge in [-0.25, -0.2) is 4.39 Å². The summed E-state index contributed by atoms with van der Waals surface area (Å²) in [6, 6.07) is 3.54. The van der Waals surface area contributed by atoms with Gasteiger partial charge in [0, 0.05) is 0 Å². The summed E-state index contributed by atoms with van der Waals surface area (Å²) in [7, 11) is 1.21. The first-order chi connectivity index (χ1) is 8.52. The zero-order valence-corrected chi connectivity index (χ0v) is 10.3. The molecule has 0 aliphatic rings. The molecule has 5 nitrogen and oxygen atoms in total. The molecule has 1 amide bonds. The van der Waals surface area contributed by atoms with Crippen LogP contribution in [-0.2, 0) is 14.3 Å². The first-order valence-electron chi connectivity index (χ1n) is 4.94. The van der Waals surface area contributed by atoms with Crippen LogP contribution in [0.15, 0.2) is 18.2 Å². The number of amides is 1. The zero-order valence-electron chi connectivity index (χ0n) is 9.54. The Balaban J connectivity index is 2.40. The van der Waals surface area contributed by atoms with Gasteiger partial charge in [0.2, 0.25) is 0 Å². The summed E-state index contributed by atoms with van der Waals surface area (Å²) >= 11 is 5.69. The Morgan fingerprint density at radius 3 is 2.78 bits per heavy atom. The molecule has 0 radical (unpaired) electrons. The Bertz CT molecular complexity index is 453. The number of benzene rings is 1. The molecule has 18 heavy (non-hydrogen) atoms. The monoisotopic (exact) mass is 275 g/mol. The summed E-state index contributed by atoms with van der Waals surface area (Å²) in [5.74, 6) is -1.39. The molecule has 0 aliphatic heterocycles. The number of esters is 1. The van der Waals surface area contributed by atoms with E-state index in [1.807, 2.05) is 0 Å². The summed E-state index contributed by atoms with van der Waals surface area (Å²) in [5.41, 5.74) is 0. The molecule has 0 fully saturated rings. The quantitative estimate of drug-likeness (QED) is 0.819. The van der Waals surface area contributed by atoms with E-state index in [1.54, 1.807) is 0 Å². The minimum Gasteiger partial charge on any atom is -0.482 e. The van der Waals surface area contributed by atoms with E-state index < -0.39 is 17.7 Å². The molecule has 0 saturated heterocycles. The maximum atomic E-state index is 12.7. The van der Waals surface area contributed by atoms with Crippen LogP contribution in [0.1, 0.15) is 0 Å². The Labute approximate surface area is 108 Å². The van der Waals surface area contributed by atoms with Crippen LogP contribution in [0.3, 0.4) is 0 Å². The van der Waals surface area contributed by atoms with Crippen molar-refractivity contribution in [3.63, 3.8) is 0 Å². The van der Waals surface area contributed by atoms with Crippen LogP contribution in [0.2, 0.25) is 5.02 Å². The van der Waals surface area contributed by atoms with Gasteiger partial charge in [0.1, 0.15) is 18.1 Å². The predicted octanol–water partition coefficient (Wildman–Crippen LogP) is 1.15. The third-order valence-corrected chi connectivity index (χ3v) is 2.21. The number of carbonyl (C=O) groups is 2. The first-order valence-corrected chi connectivity index (χ1v) is 5.32. The van der Waals surface area contributed by atoms with Crippen molar-refractivity contribution < 1.29 is 23.5 Å². The van der Waals surface area contributed by atoms with Crippen molar-refractivity contribution in [1.82, 2.24) is 5.32 Å². The number of methoxy groups -OCH3 is 1. The second-order valence-corrected chi connectivity index (χ2v) is 3.62. The van der Waals surface area contributed by atoms with Crippen molar-refractivity contribution in [1.29, 1.82) is 0 Å². The number of nitrogens with one attached hydrogen (secondary N) is 1. The standard InChI is InChI=1S/C11H11ClFNO4/c1-17-11(16)5-14-10(15)6-18-9-3-2-7(13)4-8(9)12/h2-4H,5-6H2,1H3,(H,14,15). The molecule has 1 N–H and O–H groups in total. The maximum absolute atomic E-state index is 12.7. The molecule has 1 aromatic rings. The fraction of sp³-hybridized carbons (Fsp3) is 0.273. The van der Waals surface area contributed by atoms with Crippen LogP contribution >= 0.6 is 11.6 Å². The molecule has 1 aromatic carbocycles. The number of ether oxygens (including phenoxy) is 2. The van der Waals surface area contributed by atoms with Crippen molar-refractivity contribution in [2.75, 3.05) is 20.3 Å². The van der Waals surface area contributed by atoms with Crippen molar-refractivity contribution in [3.8, 4) is 5.75 Å². The lowest BCUT2D eigenvalue weighted by molar-refractivity contribution is -0.141. The molecule has 0 spiro atoms. The lowest BCUT2D eigenvalue weighted by atomic mass is 10.3. The van der Waals surface area contributed by atoms with E-state index in [0.717, 1.165) is 12.1 Å². The van der Waals surface area contributed by atoms with Crippen LogP contribution < -0.4 is 10.1 Å². The number of rotatable bonds is 5. The van der Waals surface area contributed by atoms with Crippen molar-refractivity contribution in [3.05, 3.63) is 29.0 Å². The Morgan fingerprint density at radius 1 is 1.44 bits per heavy atom. The normalized spacial score (nSPS) is 9.72. The molecular weight excluding hydrogens is 265 g/mol. The van der Waals surface area contributed by atoms with Gasteiger partial charge < -0.3 is 14.8 Å². The van der Waals surface area contributed by atoms with Gasteiger partial charge in [-0.2, -0.15) is 0 Å². The van der Waals surface area contributed by atoms with Gasteiger partial charge in [-0.15, -0.1) is 0 Å². The van der Waals surface area contributed by atoms with Gasteiger partial charge in [-0.3, -0.25) is 9.59 Å². The van der Waals surface area contributed by atoms with Gasteiger partial charge in [0.25, 0.3) is 5.91 Å². The molecule has 0 bridgehead atoms. The van der Waals surface area contributed by atoms with Crippen LogP contribution in [0.25, 0.3) is 0 Å². The average Bonchev–Trinajstić information content (AvgIpc) is 2.34. The maximum Gasteiger partial charge on any atom is 0.325 e. The zero-order chi connectivity index (χ0) is 13.5. The Hall–Kier alpha value is -1.82. The fourth-order valence-corrected chi connectivity index (χ4v) is 1.25. The third-order valence-electron chi connectivity index (χ3n) is 1.91. The summed E-state index contributed by atoms with van der Waals surface area (Å²) < 4.78 is 22.1. The first kappa shape index (κ1) is 14.2. The van der Waals surface area contributed by atoms with E-state index in [0.29, 0.717) is 0 Å². The number of carbonyl (C=O) groups excluding carboxylic acids is 2. The van der Waals surface area contributed by atoms with E-state index in [9.17, 15) is 14.0 Å². The van der Waals surface area contributed by atoms with E-state index in [2.05, 4.69) is 10.1 Å². The molecule has 0 saturated carbocycles. The highest BCUT2D eigenvalue weighted by Crippen LogP contribution is 2.24. The molecule has 0 atom stereocenters. The molecule has 98 valence electrons. The highest BCUT2D eigenvalue weighted by Gasteiger charge is 2.08. The van der Waals surface area contributed by atoms with Crippen molar-refractivity contribution >= 4 is 23.5 Å². The lowest BCUT2D eigenvalue weighted by Crippen LogP contribution is -2.33. The molecular formula is C11H11ClFNO4. The van der Waals surface area contributed by atoms with Crippen LogP contribution in [0, 0.1) is 5.82 Å².